The van der Waals surface area contributed by atoms with Crippen LogP contribution in [0.4, 0.5) is 0 Å². The van der Waals surface area contributed by atoms with Gasteiger partial charge < -0.3 is 19.7 Å². The van der Waals surface area contributed by atoms with Crippen molar-refractivity contribution in [2.45, 2.75) is 35.7 Å². The average molecular weight is 636 g/mol. The van der Waals surface area contributed by atoms with Gasteiger partial charge in [0.2, 0.25) is 0 Å². The second kappa shape index (κ2) is 9.69. The van der Waals surface area contributed by atoms with Crippen LogP contribution in [0.1, 0.15) is 26.7 Å². The van der Waals surface area contributed by atoms with E-state index in [1.807, 2.05) is 12.2 Å². The molecule has 0 radical (unpaired) electrons. The van der Waals surface area contributed by atoms with Gasteiger partial charge in [-0.25, -0.2) is 0 Å². The summed E-state index contributed by atoms with van der Waals surface area (Å²) in [5, 5.41) is 18.0. The van der Waals surface area contributed by atoms with Gasteiger partial charge in [-0.2, -0.15) is 0 Å². The Labute approximate surface area is 194 Å². The van der Waals surface area contributed by atoms with E-state index >= 15 is 0 Å². The molecule has 2 atom stereocenters. The lowest BCUT2D eigenvalue weighted by atomic mass is 9.73. The Balaban J connectivity index is 2.24. The summed E-state index contributed by atoms with van der Waals surface area (Å²) in [4.78, 5) is 0. The predicted octanol–water partition coefficient (Wildman–Crippen LogP) is 5.43. The summed E-state index contributed by atoms with van der Waals surface area (Å²) in [6.45, 7) is 4.88. The number of hydrogen-bond acceptors (Lipinski definition) is 4. The number of rotatable bonds is 8. The molecule has 152 valence electrons. The second-order valence-electron chi connectivity index (χ2n) is 7.00. The zero-order valence-electron chi connectivity index (χ0n) is 15.3. The van der Waals surface area contributed by atoms with Gasteiger partial charge in [-0.1, -0.05) is 57.9 Å². The number of aliphatic hydroxyl groups is 2. The van der Waals surface area contributed by atoms with E-state index < -0.39 is 9.02 Å². The maximum absolute atomic E-state index is 9.01. The van der Waals surface area contributed by atoms with Crippen molar-refractivity contribution in [3.63, 3.8) is 0 Å². The molecule has 2 N–H and O–H groups in total. The summed E-state index contributed by atoms with van der Waals surface area (Å²) >= 11 is 14.7. The molecule has 27 heavy (non-hydrogen) atoms. The molecule has 0 heterocycles. The first-order chi connectivity index (χ1) is 12.6. The Morgan fingerprint density at radius 3 is 1.56 bits per heavy atom. The summed E-state index contributed by atoms with van der Waals surface area (Å²) in [6, 6.07) is 0. The molecule has 2 rings (SSSR count). The quantitative estimate of drug-likeness (QED) is 0.350. The Hall–Kier alpha value is 0.720. The lowest BCUT2D eigenvalue weighted by molar-refractivity contribution is 0.0379. The molecule has 0 aromatic carbocycles. The highest BCUT2D eigenvalue weighted by atomic mass is 79.9. The Morgan fingerprint density at radius 1 is 0.889 bits per heavy atom. The third kappa shape index (κ3) is 5.87. The van der Waals surface area contributed by atoms with Crippen LogP contribution in [0.3, 0.4) is 0 Å². The van der Waals surface area contributed by atoms with Crippen molar-refractivity contribution in [3.05, 3.63) is 44.4 Å². The van der Waals surface area contributed by atoms with Crippen LogP contribution in [0.25, 0.3) is 0 Å². The minimum atomic E-state index is -0.606. The van der Waals surface area contributed by atoms with Gasteiger partial charge in [-0.15, -0.1) is 0 Å². The van der Waals surface area contributed by atoms with Crippen molar-refractivity contribution in [3.8, 4) is 0 Å². The van der Waals surface area contributed by atoms with Crippen LogP contribution in [-0.2, 0) is 9.47 Å². The monoisotopic (exact) mass is 632 g/mol. The van der Waals surface area contributed by atoms with E-state index in [-0.39, 0.29) is 31.8 Å². The molecule has 2 aliphatic carbocycles. The normalized spacial score (nSPS) is 29.0. The van der Waals surface area contributed by atoms with E-state index in [1.54, 1.807) is 0 Å². The van der Waals surface area contributed by atoms with Crippen LogP contribution in [0.5, 0.6) is 0 Å². The number of ether oxygens (including phenoxy) is 2. The van der Waals surface area contributed by atoms with Crippen molar-refractivity contribution < 1.29 is 19.7 Å². The fourth-order valence-electron chi connectivity index (χ4n) is 3.20. The molecule has 0 aromatic rings. The molecule has 0 spiro atoms. The number of hydrogen-bond donors (Lipinski definition) is 2. The SMILES string of the molecule is CC(C)(C1=C(Br)CC(Br)(OCCO)C=C1)C1=C(Br)CC(Br)(OCCO)C=C1. The minimum Gasteiger partial charge on any atom is -0.394 e. The fourth-order valence-corrected chi connectivity index (χ4v) is 7.19. The van der Waals surface area contributed by atoms with E-state index in [0.29, 0.717) is 12.8 Å². The zero-order chi connectivity index (χ0) is 20.3. The Morgan fingerprint density at radius 2 is 1.26 bits per heavy atom. The van der Waals surface area contributed by atoms with Gasteiger partial charge in [0.1, 0.15) is 9.02 Å². The van der Waals surface area contributed by atoms with E-state index in [4.69, 9.17) is 19.7 Å². The number of aliphatic hydroxyl groups excluding tert-OH is 2. The standard InChI is InChI=1S/C19H24Br4O4/c1-17(2,13-3-5-18(22,11-15(13)20)26-9-7-24)14-4-6-19(23,12-16(14)21)27-10-8-25/h3-6,24-25H,7-12H2,1-2H3. The first-order valence-corrected chi connectivity index (χ1v) is 11.8. The molecule has 0 saturated carbocycles. The average Bonchev–Trinajstić information content (AvgIpc) is 2.57. The van der Waals surface area contributed by atoms with Crippen molar-refractivity contribution in [1.82, 2.24) is 0 Å². The van der Waals surface area contributed by atoms with Crippen LogP contribution < -0.4 is 0 Å². The number of halogens is 4. The minimum absolute atomic E-state index is 0.0157. The lowest BCUT2D eigenvalue weighted by Crippen LogP contribution is -2.31. The van der Waals surface area contributed by atoms with Gasteiger partial charge in [0.05, 0.1) is 26.4 Å². The summed E-state index contributed by atoms with van der Waals surface area (Å²) in [7, 11) is 0. The van der Waals surface area contributed by atoms with E-state index in [2.05, 4.69) is 89.7 Å². The van der Waals surface area contributed by atoms with Gasteiger partial charge in [0, 0.05) is 27.2 Å². The molecule has 4 nitrogen and oxygen atoms in total. The van der Waals surface area contributed by atoms with Gasteiger partial charge in [0.25, 0.3) is 0 Å². The lowest BCUT2D eigenvalue weighted by Gasteiger charge is -2.38. The summed E-state index contributed by atoms with van der Waals surface area (Å²) in [5.41, 5.74) is 2.08. The highest BCUT2D eigenvalue weighted by molar-refractivity contribution is 9.12. The number of allylic oxidation sites excluding steroid dienone is 4. The van der Waals surface area contributed by atoms with Crippen molar-refractivity contribution >= 4 is 63.7 Å². The van der Waals surface area contributed by atoms with Gasteiger partial charge in [0.15, 0.2) is 0 Å². The maximum Gasteiger partial charge on any atom is 0.146 e. The largest absolute Gasteiger partial charge is 0.394 e. The van der Waals surface area contributed by atoms with Crippen LogP contribution in [0.2, 0.25) is 0 Å². The van der Waals surface area contributed by atoms with Crippen molar-refractivity contribution in [2.24, 2.45) is 5.41 Å². The van der Waals surface area contributed by atoms with E-state index in [0.717, 1.165) is 8.96 Å². The molecule has 0 aliphatic heterocycles. The first-order valence-electron chi connectivity index (χ1n) is 8.61. The summed E-state index contributed by atoms with van der Waals surface area (Å²) in [6.07, 6.45) is 9.39. The van der Waals surface area contributed by atoms with Crippen LogP contribution in [-0.4, -0.2) is 45.7 Å². The van der Waals surface area contributed by atoms with E-state index in [9.17, 15) is 0 Å². The zero-order valence-corrected chi connectivity index (χ0v) is 21.6. The molecule has 8 heteroatoms. The van der Waals surface area contributed by atoms with Gasteiger partial charge in [-0.3, -0.25) is 0 Å². The van der Waals surface area contributed by atoms with Gasteiger partial charge in [-0.05, 0) is 55.2 Å². The first kappa shape index (κ1) is 24.0. The predicted molar refractivity (Wildman–Crippen MR) is 123 cm³/mol. The molecule has 0 amide bonds. The van der Waals surface area contributed by atoms with Gasteiger partial charge >= 0.3 is 0 Å². The molecule has 0 aromatic heterocycles. The third-order valence-corrected chi connectivity index (χ3v) is 7.55. The maximum atomic E-state index is 9.01. The molecular formula is C19H24Br4O4. The van der Waals surface area contributed by atoms with Crippen LogP contribution >= 0.6 is 63.7 Å². The van der Waals surface area contributed by atoms with E-state index in [1.165, 1.54) is 11.1 Å². The molecule has 2 unspecified atom stereocenters. The molecular weight excluding hydrogens is 612 g/mol. The molecule has 2 aliphatic rings. The third-order valence-electron chi connectivity index (χ3n) is 4.59. The topological polar surface area (TPSA) is 58.9 Å². The Bertz CT molecular complexity index is 627. The highest BCUT2D eigenvalue weighted by Crippen LogP contribution is 2.50. The van der Waals surface area contributed by atoms with Crippen molar-refractivity contribution in [1.29, 1.82) is 0 Å². The highest BCUT2D eigenvalue weighted by Gasteiger charge is 2.39. The smallest absolute Gasteiger partial charge is 0.146 e. The summed E-state index contributed by atoms with van der Waals surface area (Å²) in [5.74, 6) is 0. The fraction of sp³-hybridized carbons (Fsp3) is 0.579. The molecule has 0 bridgehead atoms. The molecule has 0 saturated heterocycles. The van der Waals surface area contributed by atoms with Crippen molar-refractivity contribution in [2.75, 3.05) is 26.4 Å². The van der Waals surface area contributed by atoms with Crippen LogP contribution in [0.15, 0.2) is 44.4 Å². The number of alkyl halides is 2. The molecule has 0 fully saturated rings. The second-order valence-corrected chi connectivity index (χ2v) is 11.6. The summed E-state index contributed by atoms with van der Waals surface area (Å²) < 4.78 is 12.3. The Kier molecular flexibility index (Phi) is 8.61. The van der Waals surface area contributed by atoms with Crippen LogP contribution in [0, 0.1) is 5.41 Å².